The fraction of sp³-hybridized carbons (Fsp3) is 0.500. The Labute approximate surface area is 113 Å². The van der Waals surface area contributed by atoms with E-state index in [9.17, 15) is 9.59 Å². The van der Waals surface area contributed by atoms with E-state index in [1.807, 2.05) is 18.2 Å². The predicted octanol–water partition coefficient (Wildman–Crippen LogP) is 0.583. The van der Waals surface area contributed by atoms with Gasteiger partial charge in [0.1, 0.15) is 6.54 Å². The molecule has 2 atom stereocenters. The van der Waals surface area contributed by atoms with Gasteiger partial charge in [0.25, 0.3) is 0 Å². The number of carbonyl (C=O) groups excluding carboxylic acids is 1. The molecule has 4 N–H and O–H groups in total. The Morgan fingerprint density at radius 2 is 2.00 bits per heavy atom. The number of thiol groups is 1. The molecule has 5 nitrogen and oxygen atoms in total. The van der Waals surface area contributed by atoms with Crippen LogP contribution in [0.4, 0.5) is 0 Å². The second kappa shape index (κ2) is 9.73. The van der Waals surface area contributed by atoms with Crippen LogP contribution in [0.1, 0.15) is 13.3 Å². The first-order valence-electron chi connectivity index (χ1n) is 5.66. The number of aliphatic carboxylic acids is 1. The fourth-order valence-electron chi connectivity index (χ4n) is 1.09. The molecule has 0 saturated heterocycles. The van der Waals surface area contributed by atoms with Gasteiger partial charge in [-0.2, -0.15) is 12.6 Å². The lowest BCUT2D eigenvalue weighted by molar-refractivity contribution is -0.138. The molecule has 0 heterocycles. The summed E-state index contributed by atoms with van der Waals surface area (Å²) in [5.41, 5.74) is 5.62. The summed E-state index contributed by atoms with van der Waals surface area (Å²) in [6.07, 6.45) is 8.00. The molecule has 0 aromatic carbocycles. The van der Waals surface area contributed by atoms with Crippen molar-refractivity contribution in [3.63, 3.8) is 0 Å². The minimum Gasteiger partial charge on any atom is -0.480 e. The molecule has 18 heavy (non-hydrogen) atoms. The molecule has 0 bridgehead atoms. The van der Waals surface area contributed by atoms with Gasteiger partial charge in [0.05, 0.1) is 5.92 Å². The number of allylic oxidation sites excluding steroid dienone is 2. The number of carbonyl (C=O) groups is 2. The standard InChI is InChI=1S/C12H20N2O3S/c1-9(12(17)14-7-11(15)16)5-3-2-4-6-10(13)8-18/h3-6,9-10,18H,2,7-8,13H2,1H3,(H,14,17)(H,15,16)/b5-3+,6-4+. The molecule has 0 radical (unpaired) electrons. The van der Waals surface area contributed by atoms with Crippen molar-refractivity contribution in [2.45, 2.75) is 19.4 Å². The van der Waals surface area contributed by atoms with Gasteiger partial charge in [0, 0.05) is 11.8 Å². The molecule has 0 aliphatic rings. The van der Waals surface area contributed by atoms with Gasteiger partial charge < -0.3 is 16.2 Å². The van der Waals surface area contributed by atoms with E-state index < -0.39 is 5.97 Å². The number of hydrogen-bond donors (Lipinski definition) is 4. The number of hydrogen-bond acceptors (Lipinski definition) is 4. The monoisotopic (exact) mass is 272 g/mol. The summed E-state index contributed by atoms with van der Waals surface area (Å²) < 4.78 is 0. The van der Waals surface area contributed by atoms with Gasteiger partial charge in [-0.05, 0) is 6.42 Å². The molecule has 0 spiro atoms. The number of nitrogens with one attached hydrogen (secondary N) is 1. The third-order valence-electron chi connectivity index (χ3n) is 2.12. The Morgan fingerprint density at radius 1 is 1.39 bits per heavy atom. The van der Waals surface area contributed by atoms with Gasteiger partial charge in [-0.3, -0.25) is 9.59 Å². The quantitative estimate of drug-likeness (QED) is 0.384. The van der Waals surface area contributed by atoms with Crippen LogP contribution in [0.2, 0.25) is 0 Å². The van der Waals surface area contributed by atoms with Crippen LogP contribution in [0.5, 0.6) is 0 Å². The largest absolute Gasteiger partial charge is 0.480 e. The summed E-state index contributed by atoms with van der Waals surface area (Å²) in [5, 5.41) is 10.7. The fourth-order valence-corrected chi connectivity index (χ4v) is 1.21. The number of carboxylic acids is 1. The topological polar surface area (TPSA) is 92.4 Å². The van der Waals surface area contributed by atoms with Gasteiger partial charge in [-0.25, -0.2) is 0 Å². The molecule has 0 rings (SSSR count). The van der Waals surface area contributed by atoms with E-state index in [4.69, 9.17) is 10.8 Å². The highest BCUT2D eigenvalue weighted by atomic mass is 32.1. The average molecular weight is 272 g/mol. The van der Waals surface area contributed by atoms with Gasteiger partial charge in [-0.1, -0.05) is 31.2 Å². The van der Waals surface area contributed by atoms with Crippen molar-refractivity contribution < 1.29 is 14.7 Å². The zero-order chi connectivity index (χ0) is 14.0. The molecule has 2 unspecified atom stereocenters. The van der Waals surface area contributed by atoms with Crippen molar-refractivity contribution in [3.8, 4) is 0 Å². The first-order valence-corrected chi connectivity index (χ1v) is 6.30. The second-order valence-corrected chi connectivity index (χ2v) is 4.20. The Hall–Kier alpha value is -1.27. The first kappa shape index (κ1) is 16.7. The summed E-state index contributed by atoms with van der Waals surface area (Å²) in [5.74, 6) is -1.11. The molecule has 0 aromatic rings. The van der Waals surface area contributed by atoms with Gasteiger partial charge >= 0.3 is 5.97 Å². The maximum Gasteiger partial charge on any atom is 0.322 e. The van der Waals surface area contributed by atoms with Crippen molar-refractivity contribution >= 4 is 24.5 Å². The van der Waals surface area contributed by atoms with E-state index in [0.717, 1.165) is 0 Å². The second-order valence-electron chi connectivity index (χ2n) is 3.84. The van der Waals surface area contributed by atoms with Crippen molar-refractivity contribution in [1.29, 1.82) is 0 Å². The normalized spacial score (nSPS) is 14.8. The van der Waals surface area contributed by atoms with Crippen molar-refractivity contribution in [2.75, 3.05) is 12.3 Å². The highest BCUT2D eigenvalue weighted by Crippen LogP contribution is 1.99. The SMILES string of the molecule is CC(/C=C/C/C=C/C(N)CS)C(=O)NCC(=O)O. The minimum absolute atomic E-state index is 0.0574. The zero-order valence-corrected chi connectivity index (χ0v) is 11.3. The molecule has 0 aromatic heterocycles. The summed E-state index contributed by atoms with van der Waals surface area (Å²) >= 11 is 4.04. The molecule has 0 aliphatic heterocycles. The molecule has 0 saturated carbocycles. The van der Waals surface area contributed by atoms with Crippen molar-refractivity contribution in [1.82, 2.24) is 5.32 Å². The van der Waals surface area contributed by atoms with Crippen LogP contribution in [0, 0.1) is 5.92 Å². The van der Waals surface area contributed by atoms with Gasteiger partial charge in [0.15, 0.2) is 0 Å². The van der Waals surface area contributed by atoms with E-state index in [1.54, 1.807) is 13.0 Å². The van der Waals surface area contributed by atoms with E-state index >= 15 is 0 Å². The van der Waals surface area contributed by atoms with Crippen LogP contribution in [-0.2, 0) is 9.59 Å². The van der Waals surface area contributed by atoms with Crippen LogP contribution < -0.4 is 11.1 Å². The van der Waals surface area contributed by atoms with Gasteiger partial charge in [0.2, 0.25) is 5.91 Å². The van der Waals surface area contributed by atoms with Crippen LogP contribution in [0.15, 0.2) is 24.3 Å². The minimum atomic E-state index is -1.05. The van der Waals surface area contributed by atoms with Crippen LogP contribution in [0.25, 0.3) is 0 Å². The highest BCUT2D eigenvalue weighted by Gasteiger charge is 2.09. The van der Waals surface area contributed by atoms with Crippen LogP contribution in [-0.4, -0.2) is 35.3 Å². The molecular formula is C12H20N2O3S. The molecule has 1 amide bonds. The van der Waals surface area contributed by atoms with E-state index in [2.05, 4.69) is 17.9 Å². The Balaban J connectivity index is 3.92. The third-order valence-corrected chi connectivity index (χ3v) is 2.54. The van der Waals surface area contributed by atoms with Crippen LogP contribution in [0.3, 0.4) is 0 Å². The Bertz CT molecular complexity index is 329. The maximum absolute atomic E-state index is 11.4. The number of nitrogens with two attached hydrogens (primary N) is 1. The molecule has 0 fully saturated rings. The molecule has 0 aliphatic carbocycles. The lowest BCUT2D eigenvalue weighted by Gasteiger charge is -2.05. The third kappa shape index (κ3) is 8.83. The highest BCUT2D eigenvalue weighted by molar-refractivity contribution is 7.80. The van der Waals surface area contributed by atoms with Crippen molar-refractivity contribution in [3.05, 3.63) is 24.3 Å². The predicted molar refractivity (Wildman–Crippen MR) is 74.5 cm³/mol. The molecule has 6 heteroatoms. The van der Waals surface area contributed by atoms with Crippen LogP contribution >= 0.6 is 12.6 Å². The van der Waals surface area contributed by atoms with E-state index in [1.165, 1.54) is 0 Å². The zero-order valence-electron chi connectivity index (χ0n) is 10.4. The summed E-state index contributed by atoms with van der Waals surface area (Å²) in [6.45, 7) is 1.35. The van der Waals surface area contributed by atoms with E-state index in [0.29, 0.717) is 12.2 Å². The lowest BCUT2D eigenvalue weighted by Crippen LogP contribution is -2.32. The maximum atomic E-state index is 11.4. The Kier molecular flexibility index (Phi) is 9.04. The molecule has 102 valence electrons. The Morgan fingerprint density at radius 3 is 2.56 bits per heavy atom. The number of rotatable bonds is 8. The first-order chi connectivity index (χ1) is 8.47. The average Bonchev–Trinajstić information content (AvgIpc) is 2.34. The summed E-state index contributed by atoms with van der Waals surface area (Å²) in [4.78, 5) is 21.6. The number of amides is 1. The summed E-state index contributed by atoms with van der Waals surface area (Å²) in [7, 11) is 0. The lowest BCUT2D eigenvalue weighted by atomic mass is 10.1. The smallest absolute Gasteiger partial charge is 0.322 e. The summed E-state index contributed by atoms with van der Waals surface area (Å²) in [6, 6.07) is -0.0574. The van der Waals surface area contributed by atoms with Crippen molar-refractivity contribution in [2.24, 2.45) is 11.7 Å². The molecular weight excluding hydrogens is 252 g/mol. The number of carboxylic acid groups (broad SMARTS) is 1. The van der Waals surface area contributed by atoms with Gasteiger partial charge in [-0.15, -0.1) is 0 Å². The van der Waals surface area contributed by atoms with E-state index in [-0.39, 0.29) is 24.4 Å².